The van der Waals surface area contributed by atoms with Crippen LogP contribution in [0.1, 0.15) is 22.8 Å². The highest BCUT2D eigenvalue weighted by Crippen LogP contribution is 2.33. The van der Waals surface area contributed by atoms with Gasteiger partial charge in [0.15, 0.2) is 0 Å². The van der Waals surface area contributed by atoms with Gasteiger partial charge in [-0.05, 0) is 48.4 Å². The number of primary amides is 1. The van der Waals surface area contributed by atoms with Crippen molar-refractivity contribution in [1.82, 2.24) is 0 Å². The summed E-state index contributed by atoms with van der Waals surface area (Å²) in [6.45, 7) is 9.42. The zero-order valence-electron chi connectivity index (χ0n) is 14.5. The number of hydrogen-bond donors (Lipinski definition) is 1. The standard InChI is InChI=1S/C13H12ClNOS.C8H9Cl/c1-3-5-10(4-2)17-12-8-9(13(15)16)6-7-11(12)14;1-2-7-4-3-5-8(9)6-7/h3-8H,1-2H2,(H2,15,16);3-6H,2H2,1H3/b10-5+;. The highest BCUT2D eigenvalue weighted by atomic mass is 35.5. The summed E-state index contributed by atoms with van der Waals surface area (Å²) in [4.78, 5) is 12.7. The Kier molecular flexibility index (Phi) is 9.89. The van der Waals surface area contributed by atoms with Gasteiger partial charge in [0, 0.05) is 20.4 Å². The van der Waals surface area contributed by atoms with Gasteiger partial charge in [0.25, 0.3) is 0 Å². The second kappa shape index (κ2) is 11.6. The molecule has 0 aliphatic heterocycles. The van der Waals surface area contributed by atoms with Gasteiger partial charge in [0.05, 0.1) is 5.02 Å². The lowest BCUT2D eigenvalue weighted by Gasteiger charge is -2.06. The van der Waals surface area contributed by atoms with E-state index >= 15 is 0 Å². The molecule has 0 heterocycles. The van der Waals surface area contributed by atoms with Crippen LogP contribution in [-0.4, -0.2) is 5.91 Å². The molecule has 2 N–H and O–H groups in total. The van der Waals surface area contributed by atoms with Crippen molar-refractivity contribution in [2.75, 3.05) is 0 Å². The van der Waals surface area contributed by atoms with Gasteiger partial charge >= 0.3 is 0 Å². The molecule has 0 radical (unpaired) electrons. The van der Waals surface area contributed by atoms with Crippen LogP contribution < -0.4 is 5.73 Å². The number of nitrogens with two attached hydrogens (primary N) is 1. The van der Waals surface area contributed by atoms with Crippen LogP contribution in [0.5, 0.6) is 0 Å². The first-order valence-corrected chi connectivity index (χ1v) is 9.45. The van der Waals surface area contributed by atoms with E-state index in [1.165, 1.54) is 17.3 Å². The van der Waals surface area contributed by atoms with E-state index in [1.54, 1.807) is 30.4 Å². The Morgan fingerprint density at radius 3 is 2.42 bits per heavy atom. The molecule has 0 unspecified atom stereocenters. The molecule has 0 fully saturated rings. The Hall–Kier alpha value is -1.94. The Labute approximate surface area is 169 Å². The van der Waals surface area contributed by atoms with Crippen molar-refractivity contribution >= 4 is 40.9 Å². The highest BCUT2D eigenvalue weighted by molar-refractivity contribution is 8.03. The number of hydrogen-bond acceptors (Lipinski definition) is 2. The minimum absolute atomic E-state index is 0.430. The number of carbonyl (C=O) groups is 1. The van der Waals surface area contributed by atoms with Gasteiger partial charge < -0.3 is 5.73 Å². The Morgan fingerprint density at radius 2 is 1.92 bits per heavy atom. The fraction of sp³-hybridized carbons (Fsp3) is 0.0952. The van der Waals surface area contributed by atoms with Crippen molar-refractivity contribution in [3.63, 3.8) is 0 Å². The Bertz CT molecular complexity index is 815. The van der Waals surface area contributed by atoms with E-state index < -0.39 is 5.91 Å². The molecule has 5 heteroatoms. The third-order valence-electron chi connectivity index (χ3n) is 3.22. The zero-order chi connectivity index (χ0) is 19.5. The lowest BCUT2D eigenvalue weighted by atomic mass is 10.2. The lowest BCUT2D eigenvalue weighted by Crippen LogP contribution is -2.10. The molecule has 0 aliphatic carbocycles. The molecule has 0 saturated carbocycles. The number of aryl methyl sites for hydroxylation is 1. The Morgan fingerprint density at radius 1 is 1.19 bits per heavy atom. The number of halogens is 2. The molecule has 136 valence electrons. The van der Waals surface area contributed by atoms with E-state index in [0.717, 1.165) is 21.2 Å². The smallest absolute Gasteiger partial charge is 0.248 e. The van der Waals surface area contributed by atoms with Gasteiger partial charge in [-0.2, -0.15) is 0 Å². The van der Waals surface area contributed by atoms with Crippen molar-refractivity contribution in [1.29, 1.82) is 0 Å². The molecule has 2 nitrogen and oxygen atoms in total. The second-order valence-electron chi connectivity index (χ2n) is 5.10. The maximum absolute atomic E-state index is 11.1. The van der Waals surface area contributed by atoms with Gasteiger partial charge in [0.2, 0.25) is 5.91 Å². The summed E-state index contributed by atoms with van der Waals surface area (Å²) in [7, 11) is 0. The first-order chi connectivity index (χ1) is 12.4. The molecule has 2 aromatic carbocycles. The average molecular weight is 406 g/mol. The summed E-state index contributed by atoms with van der Waals surface area (Å²) in [5, 5.41) is 1.39. The molecule has 0 spiro atoms. The van der Waals surface area contributed by atoms with E-state index in [4.69, 9.17) is 28.9 Å². The van der Waals surface area contributed by atoms with Crippen LogP contribution in [0.3, 0.4) is 0 Å². The predicted octanol–water partition coefficient (Wildman–Crippen LogP) is 6.69. The minimum atomic E-state index is -0.476. The monoisotopic (exact) mass is 405 g/mol. The fourth-order valence-corrected chi connectivity index (χ4v) is 3.18. The fourth-order valence-electron chi connectivity index (χ4n) is 1.88. The molecule has 2 rings (SSSR count). The largest absolute Gasteiger partial charge is 0.366 e. The molecular formula is C21H21Cl2NOS. The molecular weight excluding hydrogens is 385 g/mol. The molecule has 1 amide bonds. The number of allylic oxidation sites excluding steroid dienone is 3. The van der Waals surface area contributed by atoms with E-state index in [1.807, 2.05) is 24.3 Å². The van der Waals surface area contributed by atoms with Crippen LogP contribution in [0.4, 0.5) is 0 Å². The number of carbonyl (C=O) groups excluding carboxylic acids is 1. The first kappa shape index (κ1) is 22.1. The van der Waals surface area contributed by atoms with Crippen molar-refractivity contribution in [3.8, 4) is 0 Å². The first-order valence-electron chi connectivity index (χ1n) is 7.88. The van der Waals surface area contributed by atoms with Crippen LogP contribution in [0.2, 0.25) is 10.0 Å². The zero-order valence-corrected chi connectivity index (χ0v) is 16.9. The van der Waals surface area contributed by atoms with E-state index in [-0.39, 0.29) is 0 Å². The maximum atomic E-state index is 11.1. The number of rotatable bonds is 6. The van der Waals surface area contributed by atoms with Crippen LogP contribution in [-0.2, 0) is 6.42 Å². The van der Waals surface area contributed by atoms with Crippen LogP contribution >= 0.6 is 35.0 Å². The van der Waals surface area contributed by atoms with Crippen LogP contribution in [0.15, 0.2) is 83.7 Å². The summed E-state index contributed by atoms with van der Waals surface area (Å²) in [5.74, 6) is -0.476. The van der Waals surface area contributed by atoms with Crippen molar-refractivity contribution in [2.24, 2.45) is 5.73 Å². The minimum Gasteiger partial charge on any atom is -0.366 e. The van der Waals surface area contributed by atoms with Crippen molar-refractivity contribution < 1.29 is 4.79 Å². The molecule has 26 heavy (non-hydrogen) atoms. The highest BCUT2D eigenvalue weighted by Gasteiger charge is 2.07. The summed E-state index contributed by atoms with van der Waals surface area (Å²) in [6.07, 6.45) is 6.22. The average Bonchev–Trinajstić information content (AvgIpc) is 2.63. The molecule has 0 saturated heterocycles. The third kappa shape index (κ3) is 7.52. The number of benzene rings is 2. The second-order valence-corrected chi connectivity index (χ2v) is 7.06. The summed E-state index contributed by atoms with van der Waals surface area (Å²) in [6, 6.07) is 12.8. The summed E-state index contributed by atoms with van der Waals surface area (Å²) >= 11 is 13.2. The van der Waals surface area contributed by atoms with Crippen LogP contribution in [0, 0.1) is 0 Å². The predicted molar refractivity (Wildman–Crippen MR) is 115 cm³/mol. The van der Waals surface area contributed by atoms with E-state index in [0.29, 0.717) is 10.6 Å². The van der Waals surface area contributed by atoms with Crippen molar-refractivity contribution in [3.05, 3.63) is 99.9 Å². The summed E-state index contributed by atoms with van der Waals surface area (Å²) in [5.41, 5.74) is 6.94. The van der Waals surface area contributed by atoms with E-state index in [2.05, 4.69) is 26.1 Å². The molecule has 0 bridgehead atoms. The molecule has 2 aromatic rings. The Balaban J connectivity index is 0.000000314. The number of thioether (sulfide) groups is 1. The molecule has 0 aliphatic rings. The van der Waals surface area contributed by atoms with Gasteiger partial charge in [0.1, 0.15) is 0 Å². The molecule has 0 aromatic heterocycles. The van der Waals surface area contributed by atoms with Gasteiger partial charge in [-0.1, -0.05) is 79.3 Å². The lowest BCUT2D eigenvalue weighted by molar-refractivity contribution is 0.1000. The SMILES string of the molecule is C=C/C=C(\C=C)Sc1cc(C(N)=O)ccc1Cl.CCc1cccc(Cl)c1. The number of amides is 1. The van der Waals surface area contributed by atoms with Crippen LogP contribution in [0.25, 0.3) is 0 Å². The van der Waals surface area contributed by atoms with Gasteiger partial charge in [-0.3, -0.25) is 4.79 Å². The quantitative estimate of drug-likeness (QED) is 0.429. The van der Waals surface area contributed by atoms with Crippen molar-refractivity contribution in [2.45, 2.75) is 18.2 Å². The topological polar surface area (TPSA) is 43.1 Å². The third-order valence-corrected chi connectivity index (χ3v) is 5.00. The van der Waals surface area contributed by atoms with Gasteiger partial charge in [-0.15, -0.1) is 0 Å². The molecule has 0 atom stereocenters. The maximum Gasteiger partial charge on any atom is 0.248 e. The van der Waals surface area contributed by atoms with E-state index in [9.17, 15) is 4.79 Å². The normalized spacial score (nSPS) is 10.5. The summed E-state index contributed by atoms with van der Waals surface area (Å²) < 4.78 is 0. The van der Waals surface area contributed by atoms with Gasteiger partial charge in [-0.25, -0.2) is 0 Å².